The van der Waals surface area contributed by atoms with Crippen LogP contribution in [-0.4, -0.2) is 31.0 Å². The number of fused-ring (bicyclic) bond motifs is 1. The molecule has 0 saturated heterocycles. The molecule has 0 fully saturated rings. The van der Waals surface area contributed by atoms with Crippen molar-refractivity contribution in [3.05, 3.63) is 18.2 Å². The molecule has 106 valence electrons. The van der Waals surface area contributed by atoms with Gasteiger partial charge in [0.2, 0.25) is 0 Å². The maximum atomic E-state index is 12.0. The van der Waals surface area contributed by atoms with E-state index in [0.717, 1.165) is 12.1 Å². The van der Waals surface area contributed by atoms with Crippen molar-refractivity contribution >= 4 is 17.4 Å². The fourth-order valence-corrected chi connectivity index (χ4v) is 2.07. The van der Waals surface area contributed by atoms with Crippen LogP contribution in [0.4, 0.5) is 18.9 Å². The molecule has 0 saturated carbocycles. The second kappa shape index (κ2) is 6.27. The molecule has 1 aromatic rings. The maximum Gasteiger partial charge on any atom is 0.441 e. The summed E-state index contributed by atoms with van der Waals surface area (Å²) in [7, 11) is 0. The van der Waals surface area contributed by atoms with Gasteiger partial charge in [-0.3, -0.25) is 0 Å². The molecule has 0 bridgehead atoms. The summed E-state index contributed by atoms with van der Waals surface area (Å²) in [5, 5.41) is 2.93. The normalized spacial score (nSPS) is 14.9. The van der Waals surface area contributed by atoms with Crippen LogP contribution in [0.15, 0.2) is 18.2 Å². The van der Waals surface area contributed by atoms with Crippen LogP contribution in [0, 0.1) is 0 Å². The molecule has 0 unspecified atom stereocenters. The van der Waals surface area contributed by atoms with Crippen LogP contribution in [0.25, 0.3) is 0 Å². The lowest BCUT2D eigenvalue weighted by Gasteiger charge is -2.11. The number of anilines is 1. The Morgan fingerprint density at radius 3 is 2.63 bits per heavy atom. The van der Waals surface area contributed by atoms with Crippen LogP contribution in [0.5, 0.6) is 11.5 Å². The zero-order valence-electron chi connectivity index (χ0n) is 10.1. The first kappa shape index (κ1) is 14.2. The molecule has 1 aromatic carbocycles. The first-order chi connectivity index (χ1) is 9.04. The minimum atomic E-state index is -4.17. The molecular formula is C12H14F3NO2S. The minimum Gasteiger partial charge on any atom is -0.490 e. The van der Waals surface area contributed by atoms with Gasteiger partial charge in [0.1, 0.15) is 0 Å². The van der Waals surface area contributed by atoms with E-state index in [1.54, 1.807) is 18.2 Å². The molecule has 0 aromatic heterocycles. The Morgan fingerprint density at radius 2 is 1.89 bits per heavy atom. The summed E-state index contributed by atoms with van der Waals surface area (Å²) in [6.07, 6.45) is 0.819. The van der Waals surface area contributed by atoms with E-state index < -0.39 is 5.51 Å². The SMILES string of the molecule is FC(F)(F)SCCNc1ccc2c(c1)OCCCO2. The molecule has 1 aliphatic rings. The molecule has 0 spiro atoms. The van der Waals surface area contributed by atoms with Crippen molar-refractivity contribution in [2.24, 2.45) is 0 Å². The maximum absolute atomic E-state index is 12.0. The Hall–Kier alpha value is -1.24. The van der Waals surface area contributed by atoms with Crippen molar-refractivity contribution in [1.29, 1.82) is 0 Å². The lowest BCUT2D eigenvalue weighted by Crippen LogP contribution is -2.09. The van der Waals surface area contributed by atoms with Gasteiger partial charge < -0.3 is 14.8 Å². The van der Waals surface area contributed by atoms with E-state index in [0.29, 0.717) is 24.7 Å². The van der Waals surface area contributed by atoms with Crippen molar-refractivity contribution in [3.8, 4) is 11.5 Å². The van der Waals surface area contributed by atoms with Gasteiger partial charge in [-0.2, -0.15) is 13.2 Å². The van der Waals surface area contributed by atoms with E-state index in [-0.39, 0.29) is 24.1 Å². The van der Waals surface area contributed by atoms with E-state index in [2.05, 4.69) is 5.32 Å². The number of hydrogen-bond acceptors (Lipinski definition) is 4. The smallest absolute Gasteiger partial charge is 0.441 e. The number of thioether (sulfide) groups is 1. The number of halogens is 3. The van der Waals surface area contributed by atoms with Gasteiger partial charge in [-0.25, -0.2) is 0 Å². The van der Waals surface area contributed by atoms with Crippen LogP contribution in [-0.2, 0) is 0 Å². The number of alkyl halides is 3. The minimum absolute atomic E-state index is 0.0298. The predicted octanol–water partition coefficient (Wildman–Crippen LogP) is 3.51. The second-order valence-electron chi connectivity index (χ2n) is 3.93. The van der Waals surface area contributed by atoms with E-state index in [4.69, 9.17) is 9.47 Å². The summed E-state index contributed by atoms with van der Waals surface area (Å²) in [6.45, 7) is 1.44. The Bertz CT molecular complexity index is 426. The molecule has 3 nitrogen and oxygen atoms in total. The lowest BCUT2D eigenvalue weighted by atomic mass is 10.2. The highest BCUT2D eigenvalue weighted by Gasteiger charge is 2.27. The third-order valence-corrected chi connectivity index (χ3v) is 3.18. The largest absolute Gasteiger partial charge is 0.490 e. The van der Waals surface area contributed by atoms with Crippen LogP contribution in [0.3, 0.4) is 0 Å². The van der Waals surface area contributed by atoms with Gasteiger partial charge in [0.15, 0.2) is 11.5 Å². The number of hydrogen-bond donors (Lipinski definition) is 1. The Kier molecular flexibility index (Phi) is 4.68. The highest BCUT2D eigenvalue weighted by molar-refractivity contribution is 8.00. The van der Waals surface area contributed by atoms with Crippen LogP contribution < -0.4 is 14.8 Å². The van der Waals surface area contributed by atoms with Crippen molar-refractivity contribution in [2.45, 2.75) is 11.9 Å². The molecule has 1 N–H and O–H groups in total. The molecule has 1 aliphatic heterocycles. The van der Waals surface area contributed by atoms with Gasteiger partial charge in [0.05, 0.1) is 13.2 Å². The Morgan fingerprint density at radius 1 is 1.16 bits per heavy atom. The molecule has 0 radical (unpaired) electrons. The van der Waals surface area contributed by atoms with E-state index in [9.17, 15) is 13.2 Å². The number of rotatable bonds is 4. The highest BCUT2D eigenvalue weighted by Crippen LogP contribution is 2.33. The van der Waals surface area contributed by atoms with E-state index >= 15 is 0 Å². The van der Waals surface area contributed by atoms with E-state index in [1.165, 1.54) is 0 Å². The molecule has 1 heterocycles. The highest BCUT2D eigenvalue weighted by atomic mass is 32.2. The summed E-state index contributed by atoms with van der Waals surface area (Å²) in [5.74, 6) is 1.27. The molecule has 0 amide bonds. The molecule has 0 atom stereocenters. The second-order valence-corrected chi connectivity index (χ2v) is 5.09. The third kappa shape index (κ3) is 4.74. The number of benzene rings is 1. The third-order valence-electron chi connectivity index (χ3n) is 2.44. The number of ether oxygens (including phenoxy) is 2. The Balaban J connectivity index is 1.86. The molecule has 2 rings (SSSR count). The zero-order chi connectivity index (χ0) is 13.7. The first-order valence-corrected chi connectivity index (χ1v) is 6.87. The molecule has 0 aliphatic carbocycles. The fourth-order valence-electron chi connectivity index (χ4n) is 1.64. The molecule has 7 heteroatoms. The summed E-state index contributed by atoms with van der Waals surface area (Å²) < 4.78 is 46.8. The van der Waals surface area contributed by atoms with Gasteiger partial charge in [-0.15, -0.1) is 0 Å². The van der Waals surface area contributed by atoms with Crippen LogP contribution in [0.2, 0.25) is 0 Å². The van der Waals surface area contributed by atoms with Gasteiger partial charge in [0.25, 0.3) is 0 Å². The van der Waals surface area contributed by atoms with Crippen molar-refractivity contribution in [2.75, 3.05) is 30.8 Å². The predicted molar refractivity (Wildman–Crippen MR) is 69.1 cm³/mol. The topological polar surface area (TPSA) is 30.5 Å². The molecule has 19 heavy (non-hydrogen) atoms. The molecular weight excluding hydrogens is 279 g/mol. The van der Waals surface area contributed by atoms with Gasteiger partial charge in [-0.1, -0.05) is 0 Å². The summed E-state index contributed by atoms with van der Waals surface area (Å²) in [4.78, 5) is 0. The van der Waals surface area contributed by atoms with Gasteiger partial charge in [0, 0.05) is 30.5 Å². The summed E-state index contributed by atoms with van der Waals surface area (Å²) in [5.41, 5.74) is -3.45. The number of nitrogens with one attached hydrogen (secondary N) is 1. The van der Waals surface area contributed by atoms with Crippen molar-refractivity contribution in [1.82, 2.24) is 0 Å². The van der Waals surface area contributed by atoms with Gasteiger partial charge >= 0.3 is 5.51 Å². The Labute approximate surface area is 113 Å². The van der Waals surface area contributed by atoms with Crippen molar-refractivity contribution < 1.29 is 22.6 Å². The van der Waals surface area contributed by atoms with Crippen molar-refractivity contribution in [3.63, 3.8) is 0 Å². The van der Waals surface area contributed by atoms with Crippen LogP contribution >= 0.6 is 11.8 Å². The average Bonchev–Trinajstić information content (AvgIpc) is 2.58. The standard InChI is InChI=1S/C12H14F3NO2S/c13-12(14,15)19-7-4-16-9-2-3-10-11(8-9)18-6-1-5-17-10/h2-3,8,16H,1,4-7H2. The monoisotopic (exact) mass is 293 g/mol. The van der Waals surface area contributed by atoms with E-state index in [1.807, 2.05) is 0 Å². The quantitative estimate of drug-likeness (QED) is 0.861. The summed E-state index contributed by atoms with van der Waals surface area (Å²) >= 11 is -0.0335. The average molecular weight is 293 g/mol. The van der Waals surface area contributed by atoms with Gasteiger partial charge in [-0.05, 0) is 23.9 Å². The van der Waals surface area contributed by atoms with Crippen LogP contribution in [0.1, 0.15) is 6.42 Å². The first-order valence-electron chi connectivity index (χ1n) is 5.89. The summed E-state index contributed by atoms with van der Waals surface area (Å²) in [6, 6.07) is 5.28. The zero-order valence-corrected chi connectivity index (χ0v) is 10.9. The fraction of sp³-hybridized carbons (Fsp3) is 0.500. The lowest BCUT2D eigenvalue weighted by molar-refractivity contribution is -0.0327.